The van der Waals surface area contributed by atoms with Gasteiger partial charge in [0.25, 0.3) is 0 Å². The van der Waals surface area contributed by atoms with Crippen LogP contribution in [0.1, 0.15) is 6.92 Å². The van der Waals surface area contributed by atoms with Gasteiger partial charge in [0.1, 0.15) is 0 Å². The lowest BCUT2D eigenvalue weighted by Gasteiger charge is -2.06. The van der Waals surface area contributed by atoms with Crippen LogP contribution in [0.4, 0.5) is 0 Å². The van der Waals surface area contributed by atoms with Crippen molar-refractivity contribution in [3.05, 3.63) is 60.7 Å². The summed E-state index contributed by atoms with van der Waals surface area (Å²) < 4.78 is 9.57. The Morgan fingerprint density at radius 2 is 1.52 bits per heavy atom. The summed E-state index contributed by atoms with van der Waals surface area (Å²) in [5.41, 5.74) is 2.91. The van der Waals surface area contributed by atoms with E-state index in [-0.39, 0.29) is 5.97 Å². The summed E-state index contributed by atoms with van der Waals surface area (Å²) in [6.45, 7) is 1.39. The van der Waals surface area contributed by atoms with Crippen LogP contribution in [0.25, 0.3) is 21.6 Å². The fourth-order valence-electron chi connectivity index (χ4n) is 2.13. The Bertz CT molecular complexity index is 751. The van der Waals surface area contributed by atoms with E-state index in [2.05, 4.69) is 4.37 Å². The highest BCUT2D eigenvalue weighted by Crippen LogP contribution is 2.41. The average Bonchev–Trinajstić information content (AvgIpc) is 2.92. The molecule has 4 heteroatoms. The van der Waals surface area contributed by atoms with E-state index in [0.717, 1.165) is 21.6 Å². The molecule has 0 radical (unpaired) electrons. The second-order valence-corrected chi connectivity index (χ2v) is 5.29. The van der Waals surface area contributed by atoms with Gasteiger partial charge in [0, 0.05) is 6.92 Å². The molecule has 0 bridgehead atoms. The Hall–Kier alpha value is -2.46. The number of aromatic nitrogens is 1. The van der Waals surface area contributed by atoms with Crippen LogP contribution in [0, 0.1) is 0 Å². The number of benzene rings is 2. The summed E-state index contributed by atoms with van der Waals surface area (Å²) in [6.07, 6.45) is 0. The van der Waals surface area contributed by atoms with Crippen LogP contribution in [0.3, 0.4) is 0 Å². The van der Waals surface area contributed by atoms with Crippen molar-refractivity contribution in [2.75, 3.05) is 0 Å². The van der Waals surface area contributed by atoms with Crippen LogP contribution in [0.5, 0.6) is 5.88 Å². The Labute approximate surface area is 127 Å². The maximum absolute atomic E-state index is 11.3. The minimum Gasteiger partial charge on any atom is -0.406 e. The third-order valence-electron chi connectivity index (χ3n) is 3.00. The molecule has 0 aliphatic heterocycles. The van der Waals surface area contributed by atoms with Crippen LogP contribution < -0.4 is 4.74 Å². The van der Waals surface area contributed by atoms with Crippen molar-refractivity contribution in [2.45, 2.75) is 6.92 Å². The summed E-state index contributed by atoms with van der Waals surface area (Å²) in [7, 11) is 0. The summed E-state index contributed by atoms with van der Waals surface area (Å²) in [4.78, 5) is 12.3. The second-order valence-electron chi connectivity index (χ2n) is 4.52. The van der Waals surface area contributed by atoms with Crippen molar-refractivity contribution in [3.8, 4) is 27.4 Å². The fourth-order valence-corrected chi connectivity index (χ4v) is 2.97. The fraction of sp³-hybridized carbons (Fsp3) is 0.0588. The molecule has 0 atom stereocenters. The lowest BCUT2D eigenvalue weighted by Crippen LogP contribution is -2.02. The topological polar surface area (TPSA) is 39.2 Å². The van der Waals surface area contributed by atoms with Gasteiger partial charge in [-0.25, -0.2) is 0 Å². The van der Waals surface area contributed by atoms with Gasteiger partial charge in [0.2, 0.25) is 5.88 Å². The van der Waals surface area contributed by atoms with Crippen LogP contribution in [-0.4, -0.2) is 10.3 Å². The van der Waals surface area contributed by atoms with Gasteiger partial charge in [-0.2, -0.15) is 4.37 Å². The van der Waals surface area contributed by atoms with E-state index in [1.54, 1.807) is 0 Å². The quantitative estimate of drug-likeness (QED) is 0.672. The van der Waals surface area contributed by atoms with Gasteiger partial charge in [-0.3, -0.25) is 4.79 Å². The molecule has 0 amide bonds. The standard InChI is InChI=1S/C17H13NO2S/c1-12(19)20-17-15(13-8-4-2-5-9-13)16(21-18-17)14-10-6-3-7-11-14/h2-11H,1H3. The Morgan fingerprint density at radius 1 is 0.952 bits per heavy atom. The van der Waals surface area contributed by atoms with Crippen molar-refractivity contribution in [3.63, 3.8) is 0 Å². The molecule has 1 heterocycles. The summed E-state index contributed by atoms with van der Waals surface area (Å²) in [5.74, 6) is 0.00893. The molecule has 3 rings (SSSR count). The minimum atomic E-state index is -0.364. The molecule has 1 aromatic heterocycles. The van der Waals surface area contributed by atoms with Gasteiger partial charge in [-0.05, 0) is 22.7 Å². The highest BCUT2D eigenvalue weighted by atomic mass is 32.1. The highest BCUT2D eigenvalue weighted by molar-refractivity contribution is 7.10. The third kappa shape index (κ3) is 2.85. The van der Waals surface area contributed by atoms with Gasteiger partial charge in [0.15, 0.2) is 0 Å². The smallest absolute Gasteiger partial charge is 0.309 e. The van der Waals surface area contributed by atoms with E-state index in [1.165, 1.54) is 18.5 Å². The first-order valence-electron chi connectivity index (χ1n) is 6.54. The number of nitrogens with zero attached hydrogens (tertiary/aromatic N) is 1. The SMILES string of the molecule is CC(=O)Oc1nsc(-c2ccccc2)c1-c1ccccc1. The van der Waals surface area contributed by atoms with Crippen molar-refractivity contribution in [2.24, 2.45) is 0 Å². The molecule has 3 nitrogen and oxygen atoms in total. The molecule has 0 spiro atoms. The number of rotatable bonds is 3. The van der Waals surface area contributed by atoms with E-state index in [0.29, 0.717) is 5.88 Å². The normalized spacial score (nSPS) is 10.3. The first kappa shape index (κ1) is 13.5. The van der Waals surface area contributed by atoms with E-state index in [1.807, 2.05) is 60.7 Å². The van der Waals surface area contributed by atoms with Crippen LogP contribution in [0.15, 0.2) is 60.7 Å². The van der Waals surface area contributed by atoms with E-state index in [9.17, 15) is 4.79 Å². The molecule has 0 unspecified atom stereocenters. The average molecular weight is 295 g/mol. The number of hydrogen-bond donors (Lipinski definition) is 0. The molecule has 2 aromatic carbocycles. The molecular weight excluding hydrogens is 282 g/mol. The number of carbonyl (C=O) groups excluding carboxylic acids is 1. The zero-order valence-corrected chi connectivity index (χ0v) is 12.3. The summed E-state index contributed by atoms with van der Waals surface area (Å²) in [6, 6.07) is 19.8. The van der Waals surface area contributed by atoms with Gasteiger partial charge < -0.3 is 4.74 Å². The van der Waals surface area contributed by atoms with Crippen molar-refractivity contribution >= 4 is 17.5 Å². The number of esters is 1. The molecule has 0 aliphatic rings. The molecule has 0 saturated carbocycles. The largest absolute Gasteiger partial charge is 0.406 e. The van der Waals surface area contributed by atoms with Gasteiger partial charge in [0.05, 0.1) is 10.4 Å². The van der Waals surface area contributed by atoms with Gasteiger partial charge in [-0.15, -0.1) is 0 Å². The molecule has 21 heavy (non-hydrogen) atoms. The Morgan fingerprint density at radius 3 is 2.10 bits per heavy atom. The third-order valence-corrected chi connectivity index (χ3v) is 3.88. The zero-order chi connectivity index (χ0) is 14.7. The van der Waals surface area contributed by atoms with Crippen LogP contribution in [0.2, 0.25) is 0 Å². The lowest BCUT2D eigenvalue weighted by atomic mass is 10.0. The van der Waals surface area contributed by atoms with E-state index >= 15 is 0 Å². The number of ether oxygens (including phenoxy) is 1. The molecule has 0 aliphatic carbocycles. The van der Waals surface area contributed by atoms with E-state index in [4.69, 9.17) is 4.74 Å². The maximum Gasteiger partial charge on any atom is 0.309 e. The van der Waals surface area contributed by atoms with Crippen molar-refractivity contribution in [1.29, 1.82) is 0 Å². The Kier molecular flexibility index (Phi) is 3.79. The minimum absolute atomic E-state index is 0.364. The second kappa shape index (κ2) is 5.89. The number of hydrogen-bond acceptors (Lipinski definition) is 4. The lowest BCUT2D eigenvalue weighted by molar-refractivity contribution is -0.132. The highest BCUT2D eigenvalue weighted by Gasteiger charge is 2.19. The molecule has 0 saturated heterocycles. The molecule has 0 fully saturated rings. The first-order chi connectivity index (χ1) is 10.3. The van der Waals surface area contributed by atoms with Crippen LogP contribution >= 0.6 is 11.5 Å². The predicted molar refractivity (Wildman–Crippen MR) is 84.3 cm³/mol. The molecule has 104 valence electrons. The van der Waals surface area contributed by atoms with Crippen LogP contribution in [-0.2, 0) is 4.79 Å². The summed E-state index contributed by atoms with van der Waals surface area (Å²) >= 11 is 1.34. The maximum atomic E-state index is 11.3. The number of carbonyl (C=O) groups is 1. The monoisotopic (exact) mass is 295 g/mol. The zero-order valence-electron chi connectivity index (χ0n) is 11.4. The summed E-state index contributed by atoms with van der Waals surface area (Å²) in [5, 5.41) is 0. The van der Waals surface area contributed by atoms with E-state index < -0.39 is 0 Å². The predicted octanol–water partition coefficient (Wildman–Crippen LogP) is 4.40. The van der Waals surface area contributed by atoms with Crippen molar-refractivity contribution < 1.29 is 9.53 Å². The molecule has 3 aromatic rings. The van der Waals surface area contributed by atoms with Crippen molar-refractivity contribution in [1.82, 2.24) is 4.37 Å². The van der Waals surface area contributed by atoms with Gasteiger partial charge in [-0.1, -0.05) is 60.7 Å². The Balaban J connectivity index is 2.18. The van der Waals surface area contributed by atoms with Gasteiger partial charge >= 0.3 is 5.97 Å². The first-order valence-corrected chi connectivity index (χ1v) is 7.32. The molecule has 0 N–H and O–H groups in total. The molecular formula is C17H13NO2S.